The summed E-state index contributed by atoms with van der Waals surface area (Å²) in [4.78, 5) is 8.44. The molecule has 3 aromatic carbocycles. The second-order valence-electron chi connectivity index (χ2n) is 6.84. The second-order valence-corrected chi connectivity index (χ2v) is 7.25. The van der Waals surface area contributed by atoms with Crippen molar-refractivity contribution < 1.29 is 4.39 Å². The van der Waals surface area contributed by atoms with Crippen LogP contribution in [0.5, 0.6) is 0 Å². The van der Waals surface area contributed by atoms with Crippen molar-refractivity contribution >= 4 is 50.4 Å². The number of nitrogens with one attached hydrogen (secondary N) is 1. The molecular weight excluding hydrogens is 451 g/mol. The summed E-state index contributed by atoms with van der Waals surface area (Å²) < 4.78 is 13.3. The molecule has 0 aliphatic rings. The van der Waals surface area contributed by atoms with Crippen molar-refractivity contribution in [3.8, 4) is 11.3 Å². The molecule has 0 fully saturated rings. The Labute approximate surface area is 183 Å². The molecule has 0 bridgehead atoms. The summed E-state index contributed by atoms with van der Waals surface area (Å²) in [5.41, 5.74) is 5.68. The quantitative estimate of drug-likeness (QED) is 0.295. The van der Waals surface area contributed by atoms with Crippen LogP contribution in [0.25, 0.3) is 33.1 Å². The molecule has 0 unspecified atom stereocenters. The molecule has 5 heteroatoms. The molecule has 5 rings (SSSR count). The van der Waals surface area contributed by atoms with Gasteiger partial charge in [0, 0.05) is 34.0 Å². The third-order valence-corrected chi connectivity index (χ3v) is 5.31. The number of aromatic amines is 1. The third kappa shape index (κ3) is 3.66. The number of fused-ring (bicyclic) bond motifs is 3. The van der Waals surface area contributed by atoms with E-state index in [2.05, 4.69) is 23.2 Å². The van der Waals surface area contributed by atoms with Gasteiger partial charge in [0.1, 0.15) is 5.82 Å². The Morgan fingerprint density at radius 1 is 0.862 bits per heavy atom. The smallest absolute Gasteiger partial charge is 0.123 e. The van der Waals surface area contributed by atoms with E-state index in [1.165, 1.54) is 12.1 Å². The highest BCUT2D eigenvalue weighted by Gasteiger charge is 2.15. The molecule has 2 nitrogen and oxygen atoms in total. The number of pyridine rings is 1. The summed E-state index contributed by atoms with van der Waals surface area (Å²) >= 11 is 6.49. The van der Waals surface area contributed by atoms with Gasteiger partial charge in [-0.25, -0.2) is 4.39 Å². The number of hydrogen-bond acceptors (Lipinski definition) is 1. The molecular formula is C24H17BrClFN2. The zero-order chi connectivity index (χ0) is 19.1. The Morgan fingerprint density at radius 2 is 1.59 bits per heavy atom. The maximum Gasteiger partial charge on any atom is 0.123 e. The minimum atomic E-state index is -0.236. The van der Waals surface area contributed by atoms with Crippen molar-refractivity contribution in [3.63, 3.8) is 0 Å². The Balaban J connectivity index is 0.00000205. The first-order valence-corrected chi connectivity index (χ1v) is 9.46. The number of hydrogen-bond donors (Lipinski definition) is 1. The highest BCUT2D eigenvalue weighted by Crippen LogP contribution is 2.35. The fraction of sp³-hybridized carbons (Fsp3) is 0.0417. The average Bonchev–Trinajstić information content (AvgIpc) is 3.08. The SMILES string of the molecule is Br.Fc1ccc(Cc2cc3c([nH]c4ccccc43)c(-c3ccccc3Cl)n2)cc1. The van der Waals surface area contributed by atoms with Gasteiger partial charge in [-0.3, -0.25) is 4.98 Å². The van der Waals surface area contributed by atoms with Crippen molar-refractivity contribution in [2.24, 2.45) is 0 Å². The standard InChI is InChI=1S/C24H16ClFN2.BrH/c25-21-7-3-1-6-19(21)23-24-20(18-5-2-4-8-22(18)28-24)14-17(27-23)13-15-9-11-16(26)12-10-15;/h1-12,14,28H,13H2;1H. The maximum absolute atomic E-state index is 13.3. The predicted octanol–water partition coefficient (Wildman–Crippen LogP) is 7.34. The van der Waals surface area contributed by atoms with E-state index in [1.807, 2.05) is 36.4 Å². The van der Waals surface area contributed by atoms with Crippen molar-refractivity contribution in [3.05, 3.63) is 101 Å². The van der Waals surface area contributed by atoms with Gasteiger partial charge in [0.15, 0.2) is 0 Å². The van der Waals surface area contributed by atoms with Gasteiger partial charge in [-0.15, -0.1) is 17.0 Å². The van der Waals surface area contributed by atoms with Crippen LogP contribution in [0.4, 0.5) is 4.39 Å². The molecule has 0 amide bonds. The lowest BCUT2D eigenvalue weighted by atomic mass is 10.0. The highest BCUT2D eigenvalue weighted by atomic mass is 79.9. The van der Waals surface area contributed by atoms with Gasteiger partial charge in [0.25, 0.3) is 0 Å². The lowest BCUT2D eigenvalue weighted by Gasteiger charge is -2.09. The van der Waals surface area contributed by atoms with Gasteiger partial charge >= 0.3 is 0 Å². The Bertz CT molecular complexity index is 1310. The van der Waals surface area contributed by atoms with Gasteiger partial charge < -0.3 is 4.98 Å². The minimum absolute atomic E-state index is 0. The zero-order valence-corrected chi connectivity index (χ0v) is 17.8. The summed E-state index contributed by atoms with van der Waals surface area (Å²) in [6, 6.07) is 24.6. The van der Waals surface area contributed by atoms with Crippen molar-refractivity contribution in [1.29, 1.82) is 0 Å². The summed E-state index contributed by atoms with van der Waals surface area (Å²) in [5, 5.41) is 2.92. The Kier molecular flexibility index (Phi) is 5.39. The average molecular weight is 468 g/mol. The topological polar surface area (TPSA) is 28.7 Å². The van der Waals surface area contributed by atoms with Gasteiger partial charge in [0.2, 0.25) is 0 Å². The van der Waals surface area contributed by atoms with Crippen LogP contribution in [0.2, 0.25) is 5.02 Å². The third-order valence-electron chi connectivity index (χ3n) is 4.98. The number of para-hydroxylation sites is 1. The molecule has 2 heterocycles. The summed E-state index contributed by atoms with van der Waals surface area (Å²) in [5.74, 6) is -0.236. The van der Waals surface area contributed by atoms with Gasteiger partial charge in [-0.05, 0) is 35.9 Å². The number of rotatable bonds is 3. The fourth-order valence-electron chi connectivity index (χ4n) is 3.65. The summed E-state index contributed by atoms with van der Waals surface area (Å²) in [6.07, 6.45) is 0.618. The van der Waals surface area contributed by atoms with E-state index < -0.39 is 0 Å². The van der Waals surface area contributed by atoms with Crippen molar-refractivity contribution in [1.82, 2.24) is 9.97 Å². The van der Waals surface area contributed by atoms with Crippen molar-refractivity contribution in [2.45, 2.75) is 6.42 Å². The van der Waals surface area contributed by atoms with Gasteiger partial charge in [-0.2, -0.15) is 0 Å². The van der Waals surface area contributed by atoms with E-state index in [1.54, 1.807) is 12.1 Å². The first-order chi connectivity index (χ1) is 13.7. The molecule has 0 atom stereocenters. The molecule has 1 N–H and O–H groups in total. The molecule has 0 aliphatic carbocycles. The number of H-pyrrole nitrogens is 1. The van der Waals surface area contributed by atoms with Crippen LogP contribution in [0, 0.1) is 5.82 Å². The van der Waals surface area contributed by atoms with E-state index in [-0.39, 0.29) is 22.8 Å². The maximum atomic E-state index is 13.3. The van der Waals surface area contributed by atoms with Crippen LogP contribution in [0.3, 0.4) is 0 Å². The number of aromatic nitrogens is 2. The largest absolute Gasteiger partial charge is 0.353 e. The van der Waals surface area contributed by atoms with E-state index in [0.717, 1.165) is 44.3 Å². The Hall–Kier alpha value is -2.69. The van der Waals surface area contributed by atoms with E-state index in [0.29, 0.717) is 11.4 Å². The summed E-state index contributed by atoms with van der Waals surface area (Å²) in [6.45, 7) is 0. The van der Waals surface area contributed by atoms with Crippen LogP contribution in [0.15, 0.2) is 78.9 Å². The van der Waals surface area contributed by atoms with Gasteiger partial charge in [-0.1, -0.05) is 60.1 Å². The monoisotopic (exact) mass is 466 g/mol. The lowest BCUT2D eigenvalue weighted by Crippen LogP contribution is -1.96. The summed E-state index contributed by atoms with van der Waals surface area (Å²) in [7, 11) is 0. The number of halogens is 3. The molecule has 0 radical (unpaired) electrons. The van der Waals surface area contributed by atoms with Crippen LogP contribution in [0.1, 0.15) is 11.3 Å². The van der Waals surface area contributed by atoms with Gasteiger partial charge in [0.05, 0.1) is 16.2 Å². The minimum Gasteiger partial charge on any atom is -0.353 e. The molecule has 144 valence electrons. The molecule has 0 spiro atoms. The van der Waals surface area contributed by atoms with Crippen LogP contribution in [-0.4, -0.2) is 9.97 Å². The number of nitrogens with zero attached hydrogens (tertiary/aromatic N) is 1. The molecule has 0 saturated carbocycles. The molecule has 2 aromatic heterocycles. The predicted molar refractivity (Wildman–Crippen MR) is 124 cm³/mol. The highest BCUT2D eigenvalue weighted by molar-refractivity contribution is 8.93. The van der Waals surface area contributed by atoms with Crippen LogP contribution >= 0.6 is 28.6 Å². The molecule has 29 heavy (non-hydrogen) atoms. The first-order valence-electron chi connectivity index (χ1n) is 9.09. The first kappa shape index (κ1) is 19.6. The zero-order valence-electron chi connectivity index (χ0n) is 15.3. The molecule has 0 aliphatic heterocycles. The van der Waals surface area contributed by atoms with Crippen molar-refractivity contribution in [2.75, 3.05) is 0 Å². The van der Waals surface area contributed by atoms with E-state index >= 15 is 0 Å². The van der Waals surface area contributed by atoms with E-state index in [9.17, 15) is 4.39 Å². The normalized spacial score (nSPS) is 11.0. The van der Waals surface area contributed by atoms with E-state index in [4.69, 9.17) is 16.6 Å². The molecule has 5 aromatic rings. The molecule has 0 saturated heterocycles. The Morgan fingerprint density at radius 3 is 2.38 bits per heavy atom. The van der Waals surface area contributed by atoms with Crippen LogP contribution in [-0.2, 0) is 6.42 Å². The fourth-order valence-corrected chi connectivity index (χ4v) is 3.87. The second kappa shape index (κ2) is 7.97. The van der Waals surface area contributed by atoms with Crippen LogP contribution < -0.4 is 0 Å². The number of benzene rings is 3. The lowest BCUT2D eigenvalue weighted by molar-refractivity contribution is 0.627.